The molecular formula is C14H19ClINO. The van der Waals surface area contributed by atoms with E-state index in [4.69, 9.17) is 11.6 Å². The molecule has 2 nitrogen and oxygen atoms in total. The van der Waals surface area contributed by atoms with Gasteiger partial charge in [-0.2, -0.15) is 0 Å². The van der Waals surface area contributed by atoms with Gasteiger partial charge in [0.25, 0.3) is 5.91 Å². The Morgan fingerprint density at radius 1 is 1.44 bits per heavy atom. The summed E-state index contributed by atoms with van der Waals surface area (Å²) in [6, 6.07) is 5.78. The number of carbonyl (C=O) groups is 1. The second kappa shape index (κ2) is 6.75. The molecule has 1 N–H and O–H groups in total. The van der Waals surface area contributed by atoms with Crippen LogP contribution in [0.4, 0.5) is 0 Å². The number of amides is 1. The van der Waals surface area contributed by atoms with Crippen LogP contribution in [0.15, 0.2) is 18.2 Å². The van der Waals surface area contributed by atoms with E-state index in [-0.39, 0.29) is 11.3 Å². The van der Waals surface area contributed by atoms with E-state index in [9.17, 15) is 4.79 Å². The summed E-state index contributed by atoms with van der Waals surface area (Å²) in [5.41, 5.74) is 1.91. The molecule has 4 heteroatoms. The lowest BCUT2D eigenvalue weighted by atomic mass is 9.90. The molecular weight excluding hydrogens is 361 g/mol. The molecule has 0 aliphatic heterocycles. The number of halogens is 2. The predicted octanol–water partition coefficient (Wildman–Crippen LogP) is 3.98. The first-order valence-electron chi connectivity index (χ1n) is 5.97. The second-order valence-corrected chi connectivity index (χ2v) is 6.68. The van der Waals surface area contributed by atoms with Crippen molar-refractivity contribution < 1.29 is 4.79 Å². The number of hydrogen-bond donors (Lipinski definition) is 1. The highest BCUT2D eigenvalue weighted by atomic mass is 127. The van der Waals surface area contributed by atoms with Gasteiger partial charge in [0.05, 0.1) is 5.56 Å². The van der Waals surface area contributed by atoms with Crippen LogP contribution in [0.5, 0.6) is 0 Å². The quantitative estimate of drug-likeness (QED) is 0.608. The van der Waals surface area contributed by atoms with Crippen molar-refractivity contribution in [2.24, 2.45) is 5.41 Å². The predicted molar refractivity (Wildman–Crippen MR) is 85.3 cm³/mol. The molecule has 1 aromatic carbocycles. The smallest absolute Gasteiger partial charge is 0.252 e. The van der Waals surface area contributed by atoms with E-state index < -0.39 is 0 Å². The van der Waals surface area contributed by atoms with Gasteiger partial charge >= 0.3 is 0 Å². The largest absolute Gasteiger partial charge is 0.351 e. The minimum absolute atomic E-state index is 0.00857. The zero-order valence-corrected chi connectivity index (χ0v) is 13.9. The zero-order chi connectivity index (χ0) is 13.8. The molecule has 100 valence electrons. The Kier molecular flexibility index (Phi) is 5.92. The van der Waals surface area contributed by atoms with Crippen molar-refractivity contribution in [1.29, 1.82) is 0 Å². The van der Waals surface area contributed by atoms with Gasteiger partial charge in [-0.05, 0) is 53.0 Å². The third-order valence-electron chi connectivity index (χ3n) is 2.94. The molecule has 0 aliphatic rings. The summed E-state index contributed by atoms with van der Waals surface area (Å²) in [6.45, 7) is 6.87. The Labute approximate surface area is 128 Å². The maximum absolute atomic E-state index is 12.1. The van der Waals surface area contributed by atoms with Crippen molar-refractivity contribution in [2.45, 2.75) is 27.2 Å². The molecule has 18 heavy (non-hydrogen) atoms. The van der Waals surface area contributed by atoms with Crippen LogP contribution < -0.4 is 5.32 Å². The van der Waals surface area contributed by atoms with Gasteiger partial charge in [-0.15, -0.1) is 11.6 Å². The lowest BCUT2D eigenvalue weighted by molar-refractivity contribution is 0.0935. The molecule has 0 heterocycles. The summed E-state index contributed by atoms with van der Waals surface area (Å²) in [5, 5.41) is 2.99. The van der Waals surface area contributed by atoms with E-state index >= 15 is 0 Å². The standard InChI is InChI=1S/C14H19ClINO/c1-10-5-4-6-11(12(10)16)13(18)17-9-14(2,3)7-8-15/h4-6H,7-9H2,1-3H3,(H,17,18). The fourth-order valence-corrected chi connectivity index (χ4v) is 2.70. The summed E-state index contributed by atoms with van der Waals surface area (Å²) < 4.78 is 1.02. The fraction of sp³-hybridized carbons (Fsp3) is 0.500. The molecule has 0 saturated carbocycles. The Morgan fingerprint density at radius 2 is 2.11 bits per heavy atom. The molecule has 0 spiro atoms. The third kappa shape index (κ3) is 4.43. The Bertz CT molecular complexity index is 432. The third-order valence-corrected chi connectivity index (χ3v) is 4.56. The molecule has 1 rings (SSSR count). The summed E-state index contributed by atoms with van der Waals surface area (Å²) in [4.78, 5) is 12.1. The van der Waals surface area contributed by atoms with E-state index in [1.165, 1.54) is 0 Å². The van der Waals surface area contributed by atoms with E-state index in [0.29, 0.717) is 12.4 Å². The molecule has 0 saturated heterocycles. The van der Waals surface area contributed by atoms with Gasteiger partial charge in [0, 0.05) is 16.0 Å². The fourth-order valence-electron chi connectivity index (χ4n) is 1.58. The van der Waals surface area contributed by atoms with Crippen molar-refractivity contribution in [1.82, 2.24) is 5.32 Å². The lowest BCUT2D eigenvalue weighted by Gasteiger charge is -2.24. The Balaban J connectivity index is 2.69. The van der Waals surface area contributed by atoms with Crippen LogP contribution in [-0.4, -0.2) is 18.3 Å². The number of rotatable bonds is 5. The van der Waals surface area contributed by atoms with Crippen LogP contribution >= 0.6 is 34.2 Å². The maximum Gasteiger partial charge on any atom is 0.252 e. The SMILES string of the molecule is Cc1cccc(C(=O)NCC(C)(C)CCCl)c1I. The number of alkyl halides is 1. The van der Waals surface area contributed by atoms with Gasteiger partial charge in [0.15, 0.2) is 0 Å². The summed E-state index contributed by atoms with van der Waals surface area (Å²) in [5.74, 6) is 0.607. The first kappa shape index (κ1) is 15.8. The highest BCUT2D eigenvalue weighted by Crippen LogP contribution is 2.20. The van der Waals surface area contributed by atoms with Gasteiger partial charge in [0.2, 0.25) is 0 Å². The van der Waals surface area contributed by atoms with Gasteiger partial charge in [-0.25, -0.2) is 0 Å². The molecule has 0 unspecified atom stereocenters. The van der Waals surface area contributed by atoms with Crippen LogP contribution in [0.3, 0.4) is 0 Å². The first-order valence-corrected chi connectivity index (χ1v) is 7.58. The highest BCUT2D eigenvalue weighted by molar-refractivity contribution is 14.1. The van der Waals surface area contributed by atoms with E-state index in [1.807, 2.05) is 25.1 Å². The number of benzene rings is 1. The normalized spacial score (nSPS) is 11.4. The average Bonchev–Trinajstić information content (AvgIpc) is 2.30. The van der Waals surface area contributed by atoms with Crippen LogP contribution in [0, 0.1) is 15.9 Å². The second-order valence-electron chi connectivity index (χ2n) is 5.22. The van der Waals surface area contributed by atoms with Crippen molar-refractivity contribution in [2.75, 3.05) is 12.4 Å². The number of nitrogens with one attached hydrogen (secondary N) is 1. The zero-order valence-electron chi connectivity index (χ0n) is 11.0. The molecule has 0 fully saturated rings. The van der Waals surface area contributed by atoms with Crippen molar-refractivity contribution in [3.8, 4) is 0 Å². The van der Waals surface area contributed by atoms with E-state index in [1.54, 1.807) is 0 Å². The average molecular weight is 380 g/mol. The molecule has 0 aromatic heterocycles. The van der Waals surface area contributed by atoms with Crippen LogP contribution in [0.1, 0.15) is 36.2 Å². The molecule has 0 aliphatic carbocycles. The highest BCUT2D eigenvalue weighted by Gasteiger charge is 2.19. The summed E-state index contributed by atoms with van der Waals surface area (Å²) >= 11 is 7.97. The van der Waals surface area contributed by atoms with Gasteiger partial charge in [0.1, 0.15) is 0 Å². The van der Waals surface area contributed by atoms with E-state index in [2.05, 4.69) is 41.8 Å². The summed E-state index contributed by atoms with van der Waals surface area (Å²) in [7, 11) is 0. The minimum Gasteiger partial charge on any atom is -0.351 e. The van der Waals surface area contributed by atoms with Crippen LogP contribution in [0.2, 0.25) is 0 Å². The molecule has 1 aromatic rings. The van der Waals surface area contributed by atoms with Crippen LogP contribution in [-0.2, 0) is 0 Å². The van der Waals surface area contributed by atoms with Gasteiger partial charge in [-0.3, -0.25) is 4.79 Å². The molecule has 0 radical (unpaired) electrons. The number of hydrogen-bond acceptors (Lipinski definition) is 1. The van der Waals surface area contributed by atoms with Crippen molar-refractivity contribution >= 4 is 40.1 Å². The van der Waals surface area contributed by atoms with Crippen molar-refractivity contribution in [3.05, 3.63) is 32.9 Å². The molecule has 0 bridgehead atoms. The summed E-state index contributed by atoms with van der Waals surface area (Å²) in [6.07, 6.45) is 0.889. The monoisotopic (exact) mass is 379 g/mol. The molecule has 1 amide bonds. The Morgan fingerprint density at radius 3 is 2.72 bits per heavy atom. The van der Waals surface area contributed by atoms with Gasteiger partial charge in [-0.1, -0.05) is 26.0 Å². The molecule has 0 atom stereocenters. The van der Waals surface area contributed by atoms with Crippen molar-refractivity contribution in [3.63, 3.8) is 0 Å². The first-order chi connectivity index (χ1) is 8.37. The topological polar surface area (TPSA) is 29.1 Å². The van der Waals surface area contributed by atoms with Crippen LogP contribution in [0.25, 0.3) is 0 Å². The Hall–Kier alpha value is -0.290. The maximum atomic E-state index is 12.1. The van der Waals surface area contributed by atoms with E-state index in [0.717, 1.165) is 21.1 Å². The lowest BCUT2D eigenvalue weighted by Crippen LogP contribution is -2.34. The number of carbonyl (C=O) groups excluding carboxylic acids is 1. The minimum atomic E-state index is -0.00857. The van der Waals surface area contributed by atoms with Gasteiger partial charge < -0.3 is 5.32 Å². The number of aryl methyl sites for hydroxylation is 1.